The van der Waals surface area contributed by atoms with Crippen LogP contribution < -0.4 is 11.3 Å². The summed E-state index contributed by atoms with van der Waals surface area (Å²) in [5.41, 5.74) is 6.03. The molecule has 5 heteroatoms. The van der Waals surface area contributed by atoms with E-state index in [1.807, 2.05) is 0 Å². The molecule has 0 saturated carbocycles. The number of pyridine rings is 1. The van der Waals surface area contributed by atoms with Crippen molar-refractivity contribution in [1.82, 2.24) is 4.98 Å². The highest BCUT2D eigenvalue weighted by Crippen LogP contribution is 1.87. The smallest absolute Gasteiger partial charge is 0.248 e. The fourth-order valence-corrected chi connectivity index (χ4v) is 0.616. The molecular formula is C6H10Cl2N2O. The number of hydrogen-bond acceptors (Lipinski definition) is 2. The second kappa shape index (κ2) is 6.22. The number of aromatic amines is 1. The first-order chi connectivity index (χ1) is 4.33. The van der Waals surface area contributed by atoms with Crippen molar-refractivity contribution in [2.75, 3.05) is 0 Å². The van der Waals surface area contributed by atoms with E-state index in [-0.39, 0.29) is 30.4 Å². The van der Waals surface area contributed by atoms with Crippen LogP contribution in [0.5, 0.6) is 0 Å². The summed E-state index contributed by atoms with van der Waals surface area (Å²) >= 11 is 0. The summed E-state index contributed by atoms with van der Waals surface area (Å²) in [6.07, 6.45) is 1.59. The lowest BCUT2D eigenvalue weighted by atomic mass is 10.3. The Bertz CT molecular complexity index is 248. The number of nitrogens with one attached hydrogen (secondary N) is 1. The number of H-pyrrole nitrogens is 1. The normalized spacial score (nSPS) is 7.73. The van der Waals surface area contributed by atoms with Gasteiger partial charge in [0.25, 0.3) is 0 Å². The molecule has 64 valence electrons. The molecule has 1 aromatic heterocycles. The van der Waals surface area contributed by atoms with E-state index in [1.165, 1.54) is 6.07 Å². The number of halogens is 2. The van der Waals surface area contributed by atoms with Crippen LogP contribution in [0.25, 0.3) is 0 Å². The lowest BCUT2D eigenvalue weighted by molar-refractivity contribution is 1.05. The zero-order valence-electron chi connectivity index (χ0n) is 5.74. The summed E-state index contributed by atoms with van der Waals surface area (Å²) in [7, 11) is 0. The maximum Gasteiger partial charge on any atom is 0.248 e. The third-order valence-corrected chi connectivity index (χ3v) is 1.08. The molecule has 0 aliphatic heterocycles. The van der Waals surface area contributed by atoms with Gasteiger partial charge in [-0.3, -0.25) is 4.79 Å². The van der Waals surface area contributed by atoms with Crippen molar-refractivity contribution in [3.8, 4) is 0 Å². The second-order valence-electron chi connectivity index (χ2n) is 1.77. The standard InChI is InChI=1S/C6H8N2O.2ClH/c7-4-5-1-2-8-6(9)3-5;;/h1-3H,4,7H2,(H,8,9);2*1H. The molecule has 0 atom stereocenters. The highest BCUT2D eigenvalue weighted by molar-refractivity contribution is 5.85. The van der Waals surface area contributed by atoms with Crippen molar-refractivity contribution in [2.45, 2.75) is 6.54 Å². The van der Waals surface area contributed by atoms with E-state index >= 15 is 0 Å². The van der Waals surface area contributed by atoms with Crippen LogP contribution in [0.4, 0.5) is 0 Å². The van der Waals surface area contributed by atoms with E-state index in [1.54, 1.807) is 12.3 Å². The predicted octanol–water partition coefficient (Wildman–Crippen LogP) is 0.677. The first-order valence-electron chi connectivity index (χ1n) is 2.70. The van der Waals surface area contributed by atoms with Gasteiger partial charge in [0.05, 0.1) is 0 Å². The van der Waals surface area contributed by atoms with Crippen LogP contribution in [0.15, 0.2) is 23.1 Å². The van der Waals surface area contributed by atoms with E-state index in [2.05, 4.69) is 4.98 Å². The van der Waals surface area contributed by atoms with Gasteiger partial charge in [-0.15, -0.1) is 24.8 Å². The third kappa shape index (κ3) is 4.03. The maximum atomic E-state index is 10.5. The van der Waals surface area contributed by atoms with Crippen LogP contribution in [0.3, 0.4) is 0 Å². The Morgan fingerprint density at radius 2 is 2.09 bits per heavy atom. The van der Waals surface area contributed by atoms with E-state index < -0.39 is 0 Å². The topological polar surface area (TPSA) is 58.9 Å². The molecule has 0 aliphatic carbocycles. The Hall–Kier alpha value is -0.510. The van der Waals surface area contributed by atoms with Crippen LogP contribution in [-0.4, -0.2) is 4.98 Å². The van der Waals surface area contributed by atoms with Crippen molar-refractivity contribution < 1.29 is 0 Å². The second-order valence-corrected chi connectivity index (χ2v) is 1.77. The Balaban J connectivity index is 0. The zero-order valence-corrected chi connectivity index (χ0v) is 7.37. The molecule has 0 saturated heterocycles. The lowest BCUT2D eigenvalue weighted by Gasteiger charge is -1.90. The minimum absolute atomic E-state index is 0. The molecule has 1 aromatic rings. The van der Waals surface area contributed by atoms with E-state index in [0.29, 0.717) is 6.54 Å². The Morgan fingerprint density at radius 1 is 1.45 bits per heavy atom. The minimum atomic E-state index is -0.0991. The summed E-state index contributed by atoms with van der Waals surface area (Å²) in [5.74, 6) is 0. The maximum absolute atomic E-state index is 10.5. The molecule has 0 fully saturated rings. The van der Waals surface area contributed by atoms with Crippen LogP contribution >= 0.6 is 24.8 Å². The van der Waals surface area contributed by atoms with Gasteiger partial charge in [-0.1, -0.05) is 0 Å². The van der Waals surface area contributed by atoms with Gasteiger partial charge in [0, 0.05) is 18.8 Å². The predicted molar refractivity (Wildman–Crippen MR) is 49.5 cm³/mol. The Morgan fingerprint density at radius 3 is 2.45 bits per heavy atom. The highest BCUT2D eigenvalue weighted by atomic mass is 35.5. The van der Waals surface area contributed by atoms with E-state index in [4.69, 9.17) is 5.73 Å². The number of aromatic nitrogens is 1. The number of rotatable bonds is 1. The molecule has 0 aromatic carbocycles. The van der Waals surface area contributed by atoms with Crippen molar-refractivity contribution in [3.05, 3.63) is 34.2 Å². The molecule has 0 spiro atoms. The van der Waals surface area contributed by atoms with Gasteiger partial charge in [0.2, 0.25) is 5.56 Å². The average molecular weight is 197 g/mol. The highest BCUT2D eigenvalue weighted by Gasteiger charge is 1.85. The van der Waals surface area contributed by atoms with Crippen LogP contribution in [-0.2, 0) is 6.54 Å². The SMILES string of the molecule is Cl.Cl.NCc1cc[nH]c(=O)c1. The molecule has 0 radical (unpaired) electrons. The largest absolute Gasteiger partial charge is 0.329 e. The monoisotopic (exact) mass is 196 g/mol. The van der Waals surface area contributed by atoms with Crippen molar-refractivity contribution in [2.24, 2.45) is 5.73 Å². The van der Waals surface area contributed by atoms with Gasteiger partial charge in [-0.2, -0.15) is 0 Å². The van der Waals surface area contributed by atoms with E-state index in [0.717, 1.165) is 5.56 Å². The van der Waals surface area contributed by atoms with Gasteiger partial charge in [0.15, 0.2) is 0 Å². The molecule has 11 heavy (non-hydrogen) atoms. The molecule has 0 amide bonds. The minimum Gasteiger partial charge on any atom is -0.329 e. The first kappa shape index (κ1) is 13.1. The summed E-state index contributed by atoms with van der Waals surface area (Å²) in [5, 5.41) is 0. The van der Waals surface area contributed by atoms with E-state index in [9.17, 15) is 4.79 Å². The van der Waals surface area contributed by atoms with Crippen LogP contribution in [0.2, 0.25) is 0 Å². The van der Waals surface area contributed by atoms with Gasteiger partial charge in [0.1, 0.15) is 0 Å². The Labute approximate surface area is 76.8 Å². The fourth-order valence-electron chi connectivity index (χ4n) is 0.616. The quantitative estimate of drug-likeness (QED) is 0.695. The molecule has 3 nitrogen and oxygen atoms in total. The Kier molecular flexibility index (Phi) is 7.41. The fraction of sp³-hybridized carbons (Fsp3) is 0.167. The van der Waals surface area contributed by atoms with Crippen molar-refractivity contribution >= 4 is 24.8 Å². The third-order valence-electron chi connectivity index (χ3n) is 1.08. The van der Waals surface area contributed by atoms with Crippen LogP contribution in [0, 0.1) is 0 Å². The summed E-state index contributed by atoms with van der Waals surface area (Å²) in [6, 6.07) is 3.27. The molecular weight excluding hydrogens is 187 g/mol. The van der Waals surface area contributed by atoms with Crippen LogP contribution in [0.1, 0.15) is 5.56 Å². The van der Waals surface area contributed by atoms with Gasteiger partial charge < -0.3 is 10.7 Å². The molecule has 0 bridgehead atoms. The molecule has 0 unspecified atom stereocenters. The summed E-state index contributed by atoms with van der Waals surface area (Å²) in [6.45, 7) is 0.421. The molecule has 1 rings (SSSR count). The first-order valence-corrected chi connectivity index (χ1v) is 2.70. The van der Waals surface area contributed by atoms with Gasteiger partial charge >= 0.3 is 0 Å². The average Bonchev–Trinajstić information content (AvgIpc) is 1.88. The van der Waals surface area contributed by atoms with Crippen molar-refractivity contribution in [1.29, 1.82) is 0 Å². The lowest BCUT2D eigenvalue weighted by Crippen LogP contribution is -2.06. The van der Waals surface area contributed by atoms with Gasteiger partial charge in [-0.25, -0.2) is 0 Å². The summed E-state index contributed by atoms with van der Waals surface area (Å²) in [4.78, 5) is 13.0. The molecule has 1 heterocycles. The molecule has 0 aliphatic rings. The van der Waals surface area contributed by atoms with Gasteiger partial charge in [-0.05, 0) is 11.6 Å². The zero-order chi connectivity index (χ0) is 6.69. The van der Waals surface area contributed by atoms with Crippen molar-refractivity contribution in [3.63, 3.8) is 0 Å². The number of hydrogen-bond donors (Lipinski definition) is 2. The molecule has 3 N–H and O–H groups in total. The summed E-state index contributed by atoms with van der Waals surface area (Å²) < 4.78 is 0. The number of nitrogens with two attached hydrogens (primary N) is 1.